The molecular formula is C17H17N3O5S2. The van der Waals surface area contributed by atoms with Gasteiger partial charge in [0.05, 0.1) is 25.0 Å². The molecular weight excluding hydrogens is 390 g/mol. The first-order valence-electron chi connectivity index (χ1n) is 8.12. The van der Waals surface area contributed by atoms with E-state index < -0.39 is 10.0 Å². The molecule has 1 aliphatic rings. The number of sulfonamides is 1. The molecule has 0 unspecified atom stereocenters. The number of aromatic nitrogens is 2. The predicted octanol–water partition coefficient (Wildman–Crippen LogP) is 2.60. The van der Waals surface area contributed by atoms with Crippen LogP contribution in [0.3, 0.4) is 0 Å². The zero-order valence-electron chi connectivity index (χ0n) is 14.7. The van der Waals surface area contributed by atoms with Crippen molar-refractivity contribution in [3.63, 3.8) is 0 Å². The minimum absolute atomic E-state index is 0.0765. The van der Waals surface area contributed by atoms with E-state index >= 15 is 0 Å². The molecule has 0 bridgehead atoms. The molecule has 0 saturated carbocycles. The molecule has 1 aliphatic heterocycles. The fourth-order valence-electron chi connectivity index (χ4n) is 2.82. The summed E-state index contributed by atoms with van der Waals surface area (Å²) in [5.41, 5.74) is 0. The third-order valence-corrected chi connectivity index (χ3v) is 7.09. The SMILES string of the molecule is COc1ccc(OC)c(S(=O)(=O)N2CC(c3nc(-c4cccs4)no3)C2)c1. The van der Waals surface area contributed by atoms with Crippen molar-refractivity contribution in [2.75, 3.05) is 27.3 Å². The van der Waals surface area contributed by atoms with Crippen LogP contribution in [0.1, 0.15) is 11.8 Å². The molecule has 0 spiro atoms. The Balaban J connectivity index is 1.52. The summed E-state index contributed by atoms with van der Waals surface area (Å²) in [6.45, 7) is 0.545. The number of benzene rings is 1. The van der Waals surface area contributed by atoms with Gasteiger partial charge in [-0.1, -0.05) is 11.2 Å². The van der Waals surface area contributed by atoms with E-state index in [2.05, 4.69) is 10.1 Å². The Morgan fingerprint density at radius 3 is 2.70 bits per heavy atom. The van der Waals surface area contributed by atoms with E-state index in [1.807, 2.05) is 17.5 Å². The van der Waals surface area contributed by atoms with Crippen LogP contribution in [-0.4, -0.2) is 50.2 Å². The third-order valence-electron chi connectivity index (χ3n) is 4.37. The zero-order chi connectivity index (χ0) is 19.0. The average Bonchev–Trinajstić information content (AvgIpc) is 3.31. The molecule has 1 saturated heterocycles. The fourth-order valence-corrected chi connectivity index (χ4v) is 5.17. The molecule has 0 atom stereocenters. The third kappa shape index (κ3) is 3.20. The van der Waals surface area contributed by atoms with Crippen molar-refractivity contribution in [2.45, 2.75) is 10.8 Å². The van der Waals surface area contributed by atoms with E-state index in [-0.39, 0.29) is 29.7 Å². The van der Waals surface area contributed by atoms with E-state index in [4.69, 9.17) is 14.0 Å². The first-order valence-corrected chi connectivity index (χ1v) is 10.4. The molecule has 27 heavy (non-hydrogen) atoms. The normalized spacial score (nSPS) is 15.5. The fraction of sp³-hybridized carbons (Fsp3) is 0.294. The standard InChI is InChI=1S/C17H17N3O5S2/c1-23-12-5-6-13(24-2)15(8-12)27(21,22)20-9-11(10-20)17-18-16(19-25-17)14-4-3-7-26-14/h3-8,11H,9-10H2,1-2H3. The quantitative estimate of drug-likeness (QED) is 0.620. The largest absolute Gasteiger partial charge is 0.497 e. The first kappa shape index (κ1) is 18.0. The van der Waals surface area contributed by atoms with E-state index in [9.17, 15) is 8.42 Å². The average molecular weight is 407 g/mol. The van der Waals surface area contributed by atoms with Crippen LogP contribution in [0.2, 0.25) is 0 Å². The van der Waals surface area contributed by atoms with Crippen LogP contribution in [0.5, 0.6) is 11.5 Å². The number of thiophene rings is 1. The van der Waals surface area contributed by atoms with Gasteiger partial charge in [-0.15, -0.1) is 11.3 Å². The van der Waals surface area contributed by atoms with Gasteiger partial charge in [0.2, 0.25) is 21.7 Å². The van der Waals surface area contributed by atoms with Crippen LogP contribution < -0.4 is 9.47 Å². The molecule has 8 nitrogen and oxygen atoms in total. The topological polar surface area (TPSA) is 94.8 Å². The second kappa shape index (κ2) is 6.95. The minimum atomic E-state index is -3.71. The van der Waals surface area contributed by atoms with Crippen molar-refractivity contribution in [2.24, 2.45) is 0 Å². The smallest absolute Gasteiger partial charge is 0.246 e. The monoisotopic (exact) mass is 407 g/mol. The Kier molecular flexibility index (Phi) is 4.62. The van der Waals surface area contributed by atoms with Gasteiger partial charge in [0, 0.05) is 19.2 Å². The number of rotatable bonds is 6. The Bertz CT molecular complexity index is 1040. The lowest BCUT2D eigenvalue weighted by atomic mass is 10.0. The predicted molar refractivity (Wildman–Crippen MR) is 98.7 cm³/mol. The van der Waals surface area contributed by atoms with Gasteiger partial charge in [0.1, 0.15) is 16.4 Å². The van der Waals surface area contributed by atoms with E-state index in [1.54, 1.807) is 12.1 Å². The zero-order valence-corrected chi connectivity index (χ0v) is 16.3. The Morgan fingerprint density at radius 2 is 2.04 bits per heavy atom. The summed E-state index contributed by atoms with van der Waals surface area (Å²) in [7, 11) is -0.795. The summed E-state index contributed by atoms with van der Waals surface area (Å²) in [4.78, 5) is 5.38. The van der Waals surface area contributed by atoms with Crippen LogP contribution >= 0.6 is 11.3 Å². The van der Waals surface area contributed by atoms with Crippen molar-refractivity contribution in [3.05, 3.63) is 41.6 Å². The van der Waals surface area contributed by atoms with Crippen LogP contribution in [0, 0.1) is 0 Å². The van der Waals surface area contributed by atoms with Crippen LogP contribution in [0.4, 0.5) is 0 Å². The molecule has 0 aliphatic carbocycles. The summed E-state index contributed by atoms with van der Waals surface area (Å²) in [6.07, 6.45) is 0. The van der Waals surface area contributed by atoms with E-state index in [1.165, 1.54) is 35.9 Å². The molecule has 4 rings (SSSR count). The molecule has 1 aromatic carbocycles. The van der Waals surface area contributed by atoms with Crippen molar-refractivity contribution >= 4 is 21.4 Å². The molecule has 142 valence electrons. The summed E-state index contributed by atoms with van der Waals surface area (Å²) in [5.74, 6) is 1.57. The highest BCUT2D eigenvalue weighted by atomic mass is 32.2. The lowest BCUT2D eigenvalue weighted by Gasteiger charge is -2.36. The van der Waals surface area contributed by atoms with Crippen molar-refractivity contribution in [3.8, 4) is 22.2 Å². The minimum Gasteiger partial charge on any atom is -0.497 e. The number of hydrogen-bond donors (Lipinski definition) is 0. The maximum absolute atomic E-state index is 13.0. The summed E-state index contributed by atoms with van der Waals surface area (Å²) >= 11 is 1.52. The highest BCUT2D eigenvalue weighted by molar-refractivity contribution is 7.89. The van der Waals surface area contributed by atoms with Crippen LogP contribution in [0.15, 0.2) is 45.1 Å². The number of methoxy groups -OCH3 is 2. The number of hydrogen-bond acceptors (Lipinski definition) is 8. The second-order valence-electron chi connectivity index (χ2n) is 5.97. The van der Waals surface area contributed by atoms with Gasteiger partial charge in [-0.3, -0.25) is 0 Å². The Morgan fingerprint density at radius 1 is 1.22 bits per heavy atom. The Labute approximate surface area is 160 Å². The summed E-state index contributed by atoms with van der Waals surface area (Å²) < 4.78 is 42.9. The van der Waals surface area contributed by atoms with Gasteiger partial charge in [0.25, 0.3) is 0 Å². The second-order valence-corrected chi connectivity index (χ2v) is 8.82. The summed E-state index contributed by atoms with van der Waals surface area (Å²) in [5, 5.41) is 5.91. The van der Waals surface area contributed by atoms with Gasteiger partial charge in [-0.2, -0.15) is 9.29 Å². The van der Waals surface area contributed by atoms with Gasteiger partial charge in [-0.05, 0) is 23.6 Å². The first-order chi connectivity index (χ1) is 13.0. The molecule has 3 heterocycles. The molecule has 3 aromatic rings. The van der Waals surface area contributed by atoms with Crippen LogP contribution in [-0.2, 0) is 10.0 Å². The van der Waals surface area contributed by atoms with Crippen molar-refractivity contribution in [1.29, 1.82) is 0 Å². The summed E-state index contributed by atoms with van der Waals surface area (Å²) in [6, 6.07) is 8.51. The van der Waals surface area contributed by atoms with Gasteiger partial charge >= 0.3 is 0 Å². The highest BCUT2D eigenvalue weighted by Gasteiger charge is 2.41. The Hall–Kier alpha value is -2.43. The number of ether oxygens (including phenoxy) is 2. The molecule has 0 amide bonds. The highest BCUT2D eigenvalue weighted by Crippen LogP contribution is 2.36. The van der Waals surface area contributed by atoms with Crippen molar-refractivity contribution in [1.82, 2.24) is 14.4 Å². The molecule has 0 N–H and O–H groups in total. The van der Waals surface area contributed by atoms with Gasteiger partial charge in [0.15, 0.2) is 0 Å². The number of nitrogens with zero attached hydrogens (tertiary/aromatic N) is 3. The molecule has 0 radical (unpaired) electrons. The molecule has 2 aromatic heterocycles. The van der Waals surface area contributed by atoms with Crippen molar-refractivity contribution < 1.29 is 22.4 Å². The lowest BCUT2D eigenvalue weighted by molar-refractivity contribution is 0.216. The lowest BCUT2D eigenvalue weighted by Crippen LogP contribution is -2.48. The van der Waals surface area contributed by atoms with E-state index in [0.29, 0.717) is 17.5 Å². The maximum atomic E-state index is 13.0. The molecule has 10 heteroatoms. The van der Waals surface area contributed by atoms with Gasteiger partial charge in [-0.25, -0.2) is 8.42 Å². The van der Waals surface area contributed by atoms with Crippen LogP contribution in [0.25, 0.3) is 10.7 Å². The van der Waals surface area contributed by atoms with E-state index in [0.717, 1.165) is 4.88 Å². The maximum Gasteiger partial charge on any atom is 0.246 e. The van der Waals surface area contributed by atoms with Gasteiger partial charge < -0.3 is 14.0 Å². The molecule has 1 fully saturated rings.